The van der Waals surface area contributed by atoms with Gasteiger partial charge in [0, 0.05) is 55.6 Å². The number of pyridine rings is 3. The summed E-state index contributed by atoms with van der Waals surface area (Å²) in [6, 6.07) is 47.2. The molecule has 0 aliphatic carbocycles. The van der Waals surface area contributed by atoms with Gasteiger partial charge in [-0.15, -0.1) is 23.8 Å². The van der Waals surface area contributed by atoms with Crippen LogP contribution in [-0.4, -0.2) is 20.1 Å². The van der Waals surface area contributed by atoms with Crippen LogP contribution in [0.3, 0.4) is 0 Å². The molecule has 0 unspecified atom stereocenters. The summed E-state index contributed by atoms with van der Waals surface area (Å²) in [4.78, 5) is 14.7. The summed E-state index contributed by atoms with van der Waals surface area (Å²) in [5, 5.41) is 11.3. The third kappa shape index (κ3) is 8.25. The molecule has 0 fully saturated rings. The first-order chi connectivity index (χ1) is 24.1. The van der Waals surface area contributed by atoms with Gasteiger partial charge in [0.05, 0.1) is 5.69 Å². The zero-order chi connectivity index (χ0) is 34.8. The number of hydrogen-bond acceptors (Lipinski definition) is 4. The summed E-state index contributed by atoms with van der Waals surface area (Å²) in [6.07, 6.45) is 2.62. The SMILES string of the molecule is Cc1cc(-c2cc(-c3[c-]c(-c4cc(-c5ccccc5)ccn4)cc(C(C)(C)C)c3)nc(-c3cc(Cc4ccccc4)ccc3O)c2)cc(C)n1.[Pt]. The molecule has 5 heteroatoms. The largest absolute Gasteiger partial charge is 0.507 e. The first kappa shape index (κ1) is 35.6. The van der Waals surface area contributed by atoms with E-state index >= 15 is 0 Å². The van der Waals surface area contributed by atoms with Gasteiger partial charge in [0.15, 0.2) is 0 Å². The summed E-state index contributed by atoms with van der Waals surface area (Å²) in [6.45, 7) is 10.7. The van der Waals surface area contributed by atoms with Crippen molar-refractivity contribution < 1.29 is 26.2 Å². The predicted octanol–water partition coefficient (Wildman–Crippen LogP) is 11.2. The Morgan fingerprint density at radius 3 is 1.86 bits per heavy atom. The molecule has 4 aromatic carbocycles. The van der Waals surface area contributed by atoms with E-state index in [4.69, 9.17) is 9.97 Å². The van der Waals surface area contributed by atoms with Gasteiger partial charge >= 0.3 is 0 Å². The van der Waals surface area contributed by atoms with Crippen molar-refractivity contribution in [1.82, 2.24) is 15.0 Å². The molecule has 256 valence electrons. The molecule has 7 aromatic rings. The standard InChI is InChI=1S/C46H40N3O.Pt/c1-30-20-36(21-31(2)48-30)37-28-43(49-44(29-37)41-23-33(16-17-45(41)50)22-32-12-8-6-9-13-32)39-24-38(25-40(26-39)46(3,4)5)42-27-35(18-19-47-42)34-14-10-7-11-15-34;/h6-21,23,25-29,50H,22H2,1-5H3;/q-1;. The molecule has 7 rings (SSSR count). The first-order valence-corrected chi connectivity index (χ1v) is 17.0. The molecule has 0 radical (unpaired) electrons. The molecule has 1 N–H and O–H groups in total. The number of phenolic OH excluding ortho intramolecular Hbond substituents is 1. The number of hydrogen-bond donors (Lipinski definition) is 1. The van der Waals surface area contributed by atoms with E-state index in [9.17, 15) is 5.11 Å². The Balaban J connectivity index is 0.00000448. The Labute approximate surface area is 315 Å². The molecule has 0 saturated heterocycles. The fraction of sp³-hybridized carbons (Fsp3) is 0.152. The monoisotopic (exact) mass is 845 g/mol. The van der Waals surface area contributed by atoms with Crippen LogP contribution in [0.2, 0.25) is 0 Å². The van der Waals surface area contributed by atoms with E-state index in [1.807, 2.05) is 44.3 Å². The van der Waals surface area contributed by atoms with Gasteiger partial charge in [-0.3, -0.25) is 15.0 Å². The number of phenols is 1. The van der Waals surface area contributed by atoms with Crippen molar-refractivity contribution >= 4 is 0 Å². The molecule has 0 aliphatic rings. The zero-order valence-corrected chi connectivity index (χ0v) is 31.8. The van der Waals surface area contributed by atoms with Crippen LogP contribution in [0.25, 0.3) is 56.0 Å². The van der Waals surface area contributed by atoms with Crippen molar-refractivity contribution in [2.24, 2.45) is 0 Å². The number of nitrogens with zero attached hydrogens (tertiary/aromatic N) is 3. The fourth-order valence-electron chi connectivity index (χ4n) is 6.37. The van der Waals surface area contributed by atoms with Crippen LogP contribution in [0.1, 0.15) is 48.8 Å². The van der Waals surface area contributed by atoms with E-state index in [0.29, 0.717) is 11.3 Å². The van der Waals surface area contributed by atoms with Gasteiger partial charge in [-0.2, -0.15) is 0 Å². The van der Waals surface area contributed by atoms with Gasteiger partial charge in [0.2, 0.25) is 0 Å². The van der Waals surface area contributed by atoms with Crippen LogP contribution in [0.4, 0.5) is 0 Å². The Kier molecular flexibility index (Phi) is 10.5. The van der Waals surface area contributed by atoms with Gasteiger partial charge in [0.25, 0.3) is 0 Å². The molecule has 3 aromatic heterocycles. The quantitative estimate of drug-likeness (QED) is 0.162. The van der Waals surface area contributed by atoms with E-state index < -0.39 is 0 Å². The molecular weight excluding hydrogens is 806 g/mol. The minimum Gasteiger partial charge on any atom is -0.507 e. The summed E-state index contributed by atoms with van der Waals surface area (Å²) in [5.41, 5.74) is 14.3. The minimum absolute atomic E-state index is 0. The van der Waals surface area contributed by atoms with Crippen LogP contribution in [0, 0.1) is 19.9 Å². The van der Waals surface area contributed by atoms with E-state index in [-0.39, 0.29) is 32.2 Å². The molecular formula is C46H40N3OPt-. The number of aromatic nitrogens is 3. The molecule has 0 atom stereocenters. The van der Waals surface area contributed by atoms with Gasteiger partial charge in [0.1, 0.15) is 5.75 Å². The van der Waals surface area contributed by atoms with Crippen molar-refractivity contribution in [1.29, 1.82) is 0 Å². The van der Waals surface area contributed by atoms with Crippen molar-refractivity contribution in [3.8, 4) is 61.8 Å². The van der Waals surface area contributed by atoms with Crippen molar-refractivity contribution in [2.45, 2.75) is 46.5 Å². The smallest absolute Gasteiger partial charge is 0.124 e. The Hall–Kier alpha value is -5.18. The van der Waals surface area contributed by atoms with E-state index in [1.54, 1.807) is 6.07 Å². The third-order valence-electron chi connectivity index (χ3n) is 8.98. The van der Waals surface area contributed by atoms with E-state index in [0.717, 1.165) is 73.7 Å². The van der Waals surface area contributed by atoms with Crippen LogP contribution in [0.15, 0.2) is 134 Å². The summed E-state index contributed by atoms with van der Waals surface area (Å²) < 4.78 is 0. The second kappa shape index (κ2) is 15.0. The number of benzene rings is 4. The van der Waals surface area contributed by atoms with Crippen molar-refractivity contribution in [3.63, 3.8) is 0 Å². The minimum atomic E-state index is -0.139. The summed E-state index contributed by atoms with van der Waals surface area (Å²) >= 11 is 0. The fourth-order valence-corrected chi connectivity index (χ4v) is 6.37. The Morgan fingerprint density at radius 1 is 0.569 bits per heavy atom. The molecule has 0 saturated carbocycles. The molecule has 3 heterocycles. The normalized spacial score (nSPS) is 11.2. The van der Waals surface area contributed by atoms with Crippen molar-refractivity contribution in [3.05, 3.63) is 168 Å². The Morgan fingerprint density at radius 2 is 1.18 bits per heavy atom. The maximum atomic E-state index is 11.3. The molecule has 4 nitrogen and oxygen atoms in total. The molecule has 0 bridgehead atoms. The summed E-state index contributed by atoms with van der Waals surface area (Å²) in [5.74, 6) is 0.189. The van der Waals surface area contributed by atoms with Crippen LogP contribution >= 0.6 is 0 Å². The second-order valence-electron chi connectivity index (χ2n) is 14.0. The molecule has 0 spiro atoms. The average molecular weight is 846 g/mol. The second-order valence-corrected chi connectivity index (χ2v) is 14.0. The van der Waals surface area contributed by atoms with Crippen molar-refractivity contribution in [2.75, 3.05) is 0 Å². The zero-order valence-electron chi connectivity index (χ0n) is 29.5. The van der Waals surface area contributed by atoms with Gasteiger partial charge < -0.3 is 5.11 Å². The maximum Gasteiger partial charge on any atom is 0.124 e. The average Bonchev–Trinajstić information content (AvgIpc) is 3.12. The van der Waals surface area contributed by atoms with Crippen LogP contribution in [0.5, 0.6) is 5.75 Å². The van der Waals surface area contributed by atoms with Crippen LogP contribution < -0.4 is 0 Å². The molecule has 0 amide bonds. The Bertz CT molecular complexity index is 2290. The molecule has 0 aliphatic heterocycles. The maximum absolute atomic E-state index is 11.3. The van der Waals surface area contributed by atoms with Crippen LogP contribution in [-0.2, 0) is 32.9 Å². The third-order valence-corrected chi connectivity index (χ3v) is 8.98. The predicted molar refractivity (Wildman–Crippen MR) is 205 cm³/mol. The van der Waals surface area contributed by atoms with Gasteiger partial charge in [-0.05, 0) is 95.5 Å². The molecule has 51 heavy (non-hydrogen) atoms. The number of rotatable bonds is 7. The topological polar surface area (TPSA) is 58.9 Å². The van der Waals surface area contributed by atoms with Gasteiger partial charge in [-0.1, -0.05) is 111 Å². The summed E-state index contributed by atoms with van der Waals surface area (Å²) in [7, 11) is 0. The van der Waals surface area contributed by atoms with E-state index in [2.05, 4.69) is 129 Å². The number of aryl methyl sites for hydroxylation is 2. The number of aromatic hydroxyl groups is 1. The van der Waals surface area contributed by atoms with E-state index in [1.165, 1.54) is 5.56 Å². The first-order valence-electron chi connectivity index (χ1n) is 17.0. The van der Waals surface area contributed by atoms with Gasteiger partial charge in [-0.25, -0.2) is 0 Å².